The maximum absolute atomic E-state index is 12.5. The van der Waals surface area contributed by atoms with Crippen LogP contribution in [0.3, 0.4) is 0 Å². The number of nitrogen functional groups attached to an aromatic ring is 1. The van der Waals surface area contributed by atoms with Gasteiger partial charge in [0.15, 0.2) is 10.8 Å². The minimum Gasteiger partial charge on any atom is -0.477 e. The van der Waals surface area contributed by atoms with Crippen molar-refractivity contribution >= 4 is 58.2 Å². The Morgan fingerprint density at radius 3 is 3.03 bits per heavy atom. The Balaban J connectivity index is 1.60. The van der Waals surface area contributed by atoms with Crippen LogP contribution in [0.1, 0.15) is 0 Å². The van der Waals surface area contributed by atoms with E-state index in [0.717, 1.165) is 11.8 Å². The standard InChI is InChI=1S/C15H15N7O5S2/c1-27-3-7(23)18-8-12(24)22-9(14(25)26)6(4-28-13(8)22)29-15-19-10(16)5-2-17-21-11(5)20-15/h2,8,13H,3-4H2,1H3,(H,18,23)(H,25,26)(H3,16,17,19,20,21)/t8?,13-/m1/s1. The maximum atomic E-state index is 12.5. The van der Waals surface area contributed by atoms with E-state index in [9.17, 15) is 19.5 Å². The molecule has 1 fully saturated rings. The molecule has 2 amide bonds. The van der Waals surface area contributed by atoms with Crippen LogP contribution in [0.4, 0.5) is 5.82 Å². The topological polar surface area (TPSA) is 176 Å². The summed E-state index contributed by atoms with van der Waals surface area (Å²) in [5.41, 5.74) is 6.18. The van der Waals surface area contributed by atoms with Crippen molar-refractivity contribution < 1.29 is 24.2 Å². The molecular weight excluding hydrogens is 422 g/mol. The summed E-state index contributed by atoms with van der Waals surface area (Å²) in [6.07, 6.45) is 1.50. The Hall–Kier alpha value is -2.84. The molecule has 1 unspecified atom stereocenters. The van der Waals surface area contributed by atoms with Crippen LogP contribution in [-0.4, -0.2) is 78.8 Å². The highest BCUT2D eigenvalue weighted by atomic mass is 32.2. The first-order valence-corrected chi connectivity index (χ1v) is 10.1. The molecule has 0 saturated carbocycles. The van der Waals surface area contributed by atoms with Gasteiger partial charge in [-0.1, -0.05) is 11.8 Å². The number of thioether (sulfide) groups is 2. The van der Waals surface area contributed by atoms with Crippen molar-refractivity contribution in [2.75, 3.05) is 25.2 Å². The van der Waals surface area contributed by atoms with E-state index >= 15 is 0 Å². The molecule has 0 aliphatic carbocycles. The smallest absolute Gasteiger partial charge is 0.353 e. The number of methoxy groups -OCH3 is 1. The largest absolute Gasteiger partial charge is 0.477 e. The number of ether oxygens (including phenoxy) is 1. The Kier molecular flexibility index (Phi) is 5.06. The average molecular weight is 437 g/mol. The summed E-state index contributed by atoms with van der Waals surface area (Å²) >= 11 is 2.37. The summed E-state index contributed by atoms with van der Waals surface area (Å²) < 4.78 is 4.74. The lowest BCUT2D eigenvalue weighted by Crippen LogP contribution is -2.70. The van der Waals surface area contributed by atoms with E-state index < -0.39 is 29.2 Å². The molecule has 152 valence electrons. The fourth-order valence-corrected chi connectivity index (χ4v) is 5.42. The molecule has 0 aromatic carbocycles. The Labute approximate surface area is 171 Å². The number of amides is 2. The van der Waals surface area contributed by atoms with E-state index in [1.54, 1.807) is 0 Å². The number of aromatic amines is 1. The third kappa shape index (κ3) is 3.38. The van der Waals surface area contributed by atoms with Gasteiger partial charge in [-0.3, -0.25) is 19.6 Å². The van der Waals surface area contributed by atoms with Gasteiger partial charge >= 0.3 is 5.97 Å². The fraction of sp³-hybridized carbons (Fsp3) is 0.333. The quantitative estimate of drug-likeness (QED) is 0.334. The van der Waals surface area contributed by atoms with Crippen LogP contribution < -0.4 is 11.1 Å². The lowest BCUT2D eigenvalue weighted by atomic mass is 10.1. The van der Waals surface area contributed by atoms with Crippen molar-refractivity contribution in [1.29, 1.82) is 0 Å². The van der Waals surface area contributed by atoms with Gasteiger partial charge in [-0.25, -0.2) is 14.8 Å². The van der Waals surface area contributed by atoms with E-state index in [4.69, 9.17) is 10.5 Å². The van der Waals surface area contributed by atoms with E-state index in [-0.39, 0.29) is 23.3 Å². The molecular formula is C15H15N7O5S2. The normalized spacial score (nSPS) is 21.1. The number of carboxylic acid groups (broad SMARTS) is 1. The van der Waals surface area contributed by atoms with E-state index in [1.807, 2.05) is 0 Å². The van der Waals surface area contributed by atoms with Crippen molar-refractivity contribution in [3.8, 4) is 0 Å². The predicted octanol–water partition coefficient (Wildman–Crippen LogP) is -0.630. The highest BCUT2D eigenvalue weighted by Crippen LogP contribution is 2.44. The van der Waals surface area contributed by atoms with Crippen molar-refractivity contribution in [3.05, 3.63) is 16.8 Å². The lowest BCUT2D eigenvalue weighted by molar-refractivity contribution is -0.151. The summed E-state index contributed by atoms with van der Waals surface area (Å²) in [4.78, 5) is 46.2. The van der Waals surface area contributed by atoms with E-state index in [1.165, 1.54) is 30.0 Å². The molecule has 5 N–H and O–H groups in total. The minimum absolute atomic E-state index is 0.145. The molecule has 2 atom stereocenters. The maximum Gasteiger partial charge on any atom is 0.353 e. The van der Waals surface area contributed by atoms with Crippen LogP contribution in [0.15, 0.2) is 22.0 Å². The van der Waals surface area contributed by atoms with Crippen LogP contribution in [-0.2, 0) is 19.1 Å². The molecule has 2 aliphatic heterocycles. The third-order valence-electron chi connectivity index (χ3n) is 4.26. The van der Waals surface area contributed by atoms with E-state index in [2.05, 4.69) is 25.5 Å². The number of aromatic nitrogens is 4. The molecule has 0 spiro atoms. The number of rotatable bonds is 6. The van der Waals surface area contributed by atoms with Gasteiger partial charge in [-0.05, 0) is 0 Å². The highest BCUT2D eigenvalue weighted by Gasteiger charge is 2.54. The molecule has 2 aliphatic rings. The molecule has 4 heterocycles. The van der Waals surface area contributed by atoms with Gasteiger partial charge in [-0.2, -0.15) is 5.10 Å². The number of hydrogen-bond acceptors (Lipinski definition) is 10. The second-order valence-electron chi connectivity index (χ2n) is 6.09. The lowest BCUT2D eigenvalue weighted by Gasteiger charge is -2.49. The van der Waals surface area contributed by atoms with Crippen LogP contribution in [0, 0.1) is 0 Å². The number of carbonyl (C=O) groups is 3. The number of nitrogens with one attached hydrogen (secondary N) is 2. The van der Waals surface area contributed by atoms with Crippen molar-refractivity contribution in [3.63, 3.8) is 0 Å². The molecule has 2 aromatic heterocycles. The molecule has 12 nitrogen and oxygen atoms in total. The summed E-state index contributed by atoms with van der Waals surface area (Å²) in [5.74, 6) is -1.66. The number of fused-ring (bicyclic) bond motifs is 2. The number of aliphatic carboxylic acids is 1. The number of β-lactam (4-membered cyclic amide) rings is 1. The molecule has 2 aromatic rings. The Morgan fingerprint density at radius 2 is 2.31 bits per heavy atom. The van der Waals surface area contributed by atoms with Gasteiger partial charge in [0.2, 0.25) is 5.91 Å². The highest BCUT2D eigenvalue weighted by molar-refractivity contribution is 8.06. The monoisotopic (exact) mass is 437 g/mol. The van der Waals surface area contributed by atoms with Crippen LogP contribution in [0.25, 0.3) is 11.0 Å². The van der Waals surface area contributed by atoms with Crippen molar-refractivity contribution in [2.45, 2.75) is 16.6 Å². The van der Waals surface area contributed by atoms with Crippen LogP contribution in [0.5, 0.6) is 0 Å². The first-order valence-electron chi connectivity index (χ1n) is 8.24. The third-order valence-corrected chi connectivity index (χ3v) is 6.67. The van der Waals surface area contributed by atoms with Gasteiger partial charge in [-0.15, -0.1) is 11.8 Å². The van der Waals surface area contributed by atoms with Gasteiger partial charge in [0.25, 0.3) is 5.91 Å². The molecule has 0 radical (unpaired) electrons. The van der Waals surface area contributed by atoms with Crippen molar-refractivity contribution in [1.82, 2.24) is 30.4 Å². The number of H-pyrrole nitrogens is 1. The SMILES string of the molecule is COCC(=O)NC1C(=O)N2C(C(=O)O)=C(Sc3nc(N)c4cn[nH]c4n3)CS[C@H]12. The van der Waals surface area contributed by atoms with Crippen molar-refractivity contribution in [2.24, 2.45) is 0 Å². The number of carbonyl (C=O) groups excluding carboxylic acids is 2. The Bertz CT molecular complexity index is 1050. The number of carboxylic acids is 1. The molecule has 4 rings (SSSR count). The number of nitrogens with zero attached hydrogens (tertiary/aromatic N) is 4. The average Bonchev–Trinajstić information content (AvgIpc) is 3.15. The summed E-state index contributed by atoms with van der Waals surface area (Å²) in [6.45, 7) is -0.182. The molecule has 29 heavy (non-hydrogen) atoms. The Morgan fingerprint density at radius 1 is 1.52 bits per heavy atom. The number of anilines is 1. The number of nitrogens with two attached hydrogens (primary N) is 1. The predicted molar refractivity (Wildman–Crippen MR) is 104 cm³/mol. The zero-order chi connectivity index (χ0) is 20.7. The van der Waals surface area contributed by atoms with Gasteiger partial charge in [0.05, 0.1) is 11.6 Å². The van der Waals surface area contributed by atoms with Crippen LogP contribution in [0.2, 0.25) is 0 Å². The molecule has 0 bridgehead atoms. The van der Waals surface area contributed by atoms with Gasteiger partial charge in [0.1, 0.15) is 29.5 Å². The molecule has 14 heteroatoms. The van der Waals surface area contributed by atoms with Gasteiger partial charge < -0.3 is 20.9 Å². The summed E-state index contributed by atoms with van der Waals surface area (Å²) in [7, 11) is 1.37. The molecule has 1 saturated heterocycles. The summed E-state index contributed by atoms with van der Waals surface area (Å²) in [5, 5.41) is 19.1. The second kappa shape index (κ2) is 7.53. The fourth-order valence-electron chi connectivity index (χ4n) is 3.01. The zero-order valence-electron chi connectivity index (χ0n) is 14.9. The summed E-state index contributed by atoms with van der Waals surface area (Å²) in [6, 6.07) is -0.795. The minimum atomic E-state index is -1.25. The second-order valence-corrected chi connectivity index (χ2v) is 8.26. The zero-order valence-corrected chi connectivity index (χ0v) is 16.5. The van der Waals surface area contributed by atoms with Gasteiger partial charge in [0, 0.05) is 17.8 Å². The first-order chi connectivity index (χ1) is 13.9. The first kappa shape index (κ1) is 19.5. The van der Waals surface area contributed by atoms with Crippen LogP contribution >= 0.6 is 23.5 Å². The van der Waals surface area contributed by atoms with E-state index in [0.29, 0.717) is 21.7 Å². The number of hydrogen-bond donors (Lipinski definition) is 4.